The monoisotopic (exact) mass is 667 g/mol. The maximum absolute atomic E-state index is 6.82. The van der Waals surface area contributed by atoms with Crippen molar-refractivity contribution in [2.24, 2.45) is 0 Å². The minimum atomic E-state index is 0.311. The fraction of sp³-hybridized carbons (Fsp3) is 0.120. The van der Waals surface area contributed by atoms with Gasteiger partial charge in [-0.1, -0.05) is 127 Å². The van der Waals surface area contributed by atoms with Crippen molar-refractivity contribution in [3.8, 4) is 11.1 Å². The number of benzene rings is 6. The van der Waals surface area contributed by atoms with E-state index in [-0.39, 0.29) is 0 Å². The second-order valence-corrected chi connectivity index (χ2v) is 14.1. The van der Waals surface area contributed by atoms with Gasteiger partial charge in [-0.2, -0.15) is 0 Å². The van der Waals surface area contributed by atoms with Crippen molar-refractivity contribution in [1.82, 2.24) is 0 Å². The SMILES string of the molecule is c1c(C2C=CC=CC2)ccc(N(c2ccc3ccccc3c2)c2cccc3oc4c5ccccc5c(-c5ccc(C6CC=CCC6)cc5)cc4c23)c#1. The van der Waals surface area contributed by atoms with Crippen LogP contribution in [0.15, 0.2) is 168 Å². The van der Waals surface area contributed by atoms with Gasteiger partial charge in [0.05, 0.1) is 16.8 Å². The molecule has 0 N–H and O–H groups in total. The van der Waals surface area contributed by atoms with Gasteiger partial charge in [0, 0.05) is 27.9 Å². The molecule has 0 amide bonds. The van der Waals surface area contributed by atoms with Gasteiger partial charge in [-0.15, -0.1) is 0 Å². The highest BCUT2D eigenvalue weighted by Gasteiger charge is 2.23. The van der Waals surface area contributed by atoms with E-state index in [0.717, 1.165) is 69.2 Å². The molecule has 0 spiro atoms. The maximum atomic E-state index is 6.82. The van der Waals surface area contributed by atoms with Crippen LogP contribution in [0.25, 0.3) is 54.6 Å². The lowest BCUT2D eigenvalue weighted by molar-refractivity contribution is 0.617. The molecule has 2 nitrogen and oxygen atoms in total. The van der Waals surface area contributed by atoms with E-state index in [4.69, 9.17) is 4.42 Å². The molecule has 1 heterocycles. The average Bonchev–Trinajstić information content (AvgIpc) is 3.61. The first-order valence-electron chi connectivity index (χ1n) is 18.5. The highest BCUT2D eigenvalue weighted by atomic mass is 16.3. The van der Waals surface area contributed by atoms with E-state index in [1.807, 2.05) is 0 Å². The van der Waals surface area contributed by atoms with Gasteiger partial charge in [0.25, 0.3) is 0 Å². The Hall–Kier alpha value is -6.30. The Morgan fingerprint density at radius 3 is 2.31 bits per heavy atom. The van der Waals surface area contributed by atoms with Gasteiger partial charge in [-0.25, -0.2) is 0 Å². The number of hydrogen-bond acceptors (Lipinski definition) is 2. The van der Waals surface area contributed by atoms with Gasteiger partial charge in [0.1, 0.15) is 11.2 Å². The first-order chi connectivity index (χ1) is 25.8. The van der Waals surface area contributed by atoms with Gasteiger partial charge in [0.2, 0.25) is 0 Å². The number of anilines is 3. The summed E-state index contributed by atoms with van der Waals surface area (Å²) in [4.78, 5) is 2.32. The summed E-state index contributed by atoms with van der Waals surface area (Å²) < 4.78 is 6.82. The summed E-state index contributed by atoms with van der Waals surface area (Å²) in [5, 5.41) is 6.90. The number of furan rings is 1. The largest absolute Gasteiger partial charge is 0.455 e. The zero-order valence-corrected chi connectivity index (χ0v) is 28.9. The van der Waals surface area contributed by atoms with Crippen LogP contribution in [0, 0.1) is 12.1 Å². The average molecular weight is 668 g/mol. The Morgan fingerprint density at radius 1 is 0.635 bits per heavy atom. The van der Waals surface area contributed by atoms with Crippen LogP contribution in [0.2, 0.25) is 0 Å². The van der Waals surface area contributed by atoms with Crippen LogP contribution in [-0.2, 0) is 0 Å². The first kappa shape index (κ1) is 30.5. The van der Waals surface area contributed by atoms with Crippen molar-refractivity contribution < 1.29 is 4.42 Å². The first-order valence-corrected chi connectivity index (χ1v) is 18.5. The molecule has 2 atom stereocenters. The van der Waals surface area contributed by atoms with E-state index in [9.17, 15) is 0 Å². The van der Waals surface area contributed by atoms with E-state index in [1.54, 1.807) is 0 Å². The predicted octanol–water partition coefficient (Wildman–Crippen LogP) is 14.1. The molecule has 0 radical (unpaired) electrons. The molecule has 7 aromatic carbocycles. The van der Waals surface area contributed by atoms with Crippen molar-refractivity contribution in [1.29, 1.82) is 0 Å². The molecule has 2 aliphatic rings. The molecule has 2 aliphatic carbocycles. The summed E-state index contributed by atoms with van der Waals surface area (Å²) >= 11 is 0. The Kier molecular flexibility index (Phi) is 7.51. The maximum Gasteiger partial charge on any atom is 0.143 e. The second-order valence-electron chi connectivity index (χ2n) is 14.1. The third kappa shape index (κ3) is 5.29. The fourth-order valence-electron chi connectivity index (χ4n) is 8.36. The van der Waals surface area contributed by atoms with E-state index in [0.29, 0.717) is 11.8 Å². The van der Waals surface area contributed by atoms with Crippen LogP contribution in [0.3, 0.4) is 0 Å². The number of nitrogens with zero attached hydrogens (tertiary/aromatic N) is 1. The lowest BCUT2D eigenvalue weighted by atomic mass is 9.86. The molecule has 8 aromatic rings. The third-order valence-corrected chi connectivity index (χ3v) is 11.1. The molecule has 0 bridgehead atoms. The number of fused-ring (bicyclic) bond motifs is 6. The van der Waals surface area contributed by atoms with Crippen LogP contribution in [0.4, 0.5) is 17.1 Å². The Bertz CT molecular complexity index is 2690. The lowest BCUT2D eigenvalue weighted by Gasteiger charge is -2.25. The van der Waals surface area contributed by atoms with Gasteiger partial charge in [-0.05, 0) is 113 Å². The van der Waals surface area contributed by atoms with Crippen molar-refractivity contribution in [2.75, 3.05) is 4.90 Å². The normalized spacial score (nSPS) is 16.9. The molecular formula is C50H37NO. The molecule has 0 aliphatic heterocycles. The molecule has 2 unspecified atom stereocenters. The van der Waals surface area contributed by atoms with Crippen LogP contribution in [-0.4, -0.2) is 0 Å². The highest BCUT2D eigenvalue weighted by Crippen LogP contribution is 2.46. The second kappa shape index (κ2) is 12.8. The molecular weight excluding hydrogens is 631 g/mol. The highest BCUT2D eigenvalue weighted by molar-refractivity contribution is 6.22. The van der Waals surface area contributed by atoms with Crippen molar-refractivity contribution in [3.05, 3.63) is 187 Å². The molecule has 0 saturated carbocycles. The molecule has 10 rings (SSSR count). The smallest absolute Gasteiger partial charge is 0.143 e. The number of hydrogen-bond donors (Lipinski definition) is 0. The topological polar surface area (TPSA) is 16.4 Å². The minimum absolute atomic E-state index is 0.311. The van der Waals surface area contributed by atoms with E-state index in [1.165, 1.54) is 39.3 Å². The van der Waals surface area contributed by atoms with Crippen molar-refractivity contribution in [3.63, 3.8) is 0 Å². The van der Waals surface area contributed by atoms with E-state index >= 15 is 0 Å². The molecule has 0 fully saturated rings. The summed E-state index contributed by atoms with van der Waals surface area (Å²) in [6.07, 6.45) is 17.8. The quantitative estimate of drug-likeness (QED) is 0.164. The molecule has 52 heavy (non-hydrogen) atoms. The van der Waals surface area contributed by atoms with E-state index < -0.39 is 0 Å². The fourth-order valence-corrected chi connectivity index (χ4v) is 8.36. The summed E-state index contributed by atoms with van der Waals surface area (Å²) in [6, 6.07) is 53.5. The van der Waals surface area contributed by atoms with Crippen LogP contribution in [0.5, 0.6) is 0 Å². The Balaban J connectivity index is 1.17. The standard InChI is InChI=1S/C50H37NO/c1-3-12-34(13-4-1)37-22-24-39(25-23-37)45-33-46-49-47(20-11-21-48(49)52-50(46)44-19-10-9-18-43(44)45)51(42-31-28-36-16-7-8-17-40(36)32-42)41-29-26-38(27-30-41)35-14-5-2-6-15-35/h1-3,5-11,14,16-26,28-29,31-35H,4,12-13,15H2. The van der Waals surface area contributed by atoms with Crippen LogP contribution in [0.1, 0.15) is 48.6 Å². The summed E-state index contributed by atoms with van der Waals surface area (Å²) in [7, 11) is 0. The van der Waals surface area contributed by atoms with Crippen LogP contribution >= 0.6 is 0 Å². The molecule has 0 saturated heterocycles. The summed E-state index contributed by atoms with van der Waals surface area (Å²) in [5.41, 5.74) is 9.83. The lowest BCUT2D eigenvalue weighted by Crippen LogP contribution is -2.10. The number of rotatable bonds is 6. The predicted molar refractivity (Wildman–Crippen MR) is 218 cm³/mol. The van der Waals surface area contributed by atoms with E-state index in [2.05, 4.69) is 181 Å². The van der Waals surface area contributed by atoms with Gasteiger partial charge in [-0.3, -0.25) is 0 Å². The van der Waals surface area contributed by atoms with Gasteiger partial charge in [0.15, 0.2) is 0 Å². The zero-order chi connectivity index (χ0) is 34.4. The van der Waals surface area contributed by atoms with Crippen molar-refractivity contribution >= 4 is 60.5 Å². The Morgan fingerprint density at radius 2 is 1.50 bits per heavy atom. The minimum Gasteiger partial charge on any atom is -0.455 e. The number of allylic oxidation sites excluding steroid dienone is 6. The van der Waals surface area contributed by atoms with Gasteiger partial charge < -0.3 is 9.32 Å². The Labute approximate surface area is 304 Å². The molecule has 2 heteroatoms. The van der Waals surface area contributed by atoms with Crippen LogP contribution < -0.4 is 4.90 Å². The zero-order valence-electron chi connectivity index (χ0n) is 28.9. The summed E-state index contributed by atoms with van der Waals surface area (Å²) in [5.74, 6) is 0.907. The third-order valence-electron chi connectivity index (χ3n) is 11.1. The van der Waals surface area contributed by atoms with Crippen molar-refractivity contribution in [2.45, 2.75) is 37.5 Å². The summed E-state index contributed by atoms with van der Waals surface area (Å²) in [6.45, 7) is 0. The molecule has 248 valence electrons. The van der Waals surface area contributed by atoms with Gasteiger partial charge >= 0.3 is 0 Å². The molecule has 1 aromatic heterocycles.